The molecule has 0 fully saturated rings. The molecular weight excluding hydrogens is 320 g/mol. The van der Waals surface area contributed by atoms with Crippen LogP contribution in [0.2, 0.25) is 0 Å². The molecule has 2 N–H and O–H groups in total. The van der Waals surface area contributed by atoms with Gasteiger partial charge in [-0.25, -0.2) is 4.99 Å². The van der Waals surface area contributed by atoms with Crippen LogP contribution in [0, 0.1) is 16.0 Å². The number of rotatable bonds is 10. The first kappa shape index (κ1) is 20.9. The minimum absolute atomic E-state index is 0.0957. The van der Waals surface area contributed by atoms with Crippen LogP contribution in [0.5, 0.6) is 0 Å². The second kappa shape index (κ2) is 11.4. The molecule has 0 amide bonds. The molecule has 1 unspecified atom stereocenters. The van der Waals surface area contributed by atoms with Crippen LogP contribution in [-0.2, 0) is 11.3 Å². The fraction of sp³-hybridized carbons (Fsp3) is 0.611. The van der Waals surface area contributed by atoms with E-state index in [1.807, 2.05) is 13.8 Å². The molecule has 0 bridgehead atoms. The number of nitrogens with one attached hydrogen (secondary N) is 2. The molecule has 1 atom stereocenters. The van der Waals surface area contributed by atoms with Crippen molar-refractivity contribution in [1.82, 2.24) is 10.6 Å². The predicted molar refractivity (Wildman–Crippen MR) is 101 cm³/mol. The largest absolute Gasteiger partial charge is 0.378 e. The molecular formula is C18H30N4O3. The van der Waals surface area contributed by atoms with Crippen molar-refractivity contribution in [1.29, 1.82) is 0 Å². The van der Waals surface area contributed by atoms with Crippen molar-refractivity contribution in [2.75, 3.05) is 19.7 Å². The minimum atomic E-state index is -0.374. The number of nitro benzene ring substituents is 1. The first-order valence-corrected chi connectivity index (χ1v) is 8.85. The van der Waals surface area contributed by atoms with Crippen molar-refractivity contribution in [2.45, 2.75) is 46.8 Å². The number of aliphatic imine (C=N–C) groups is 1. The van der Waals surface area contributed by atoms with E-state index in [1.165, 1.54) is 6.07 Å². The van der Waals surface area contributed by atoms with Gasteiger partial charge in [-0.05, 0) is 26.2 Å². The maximum atomic E-state index is 11.1. The molecule has 0 spiro atoms. The SMILES string of the molecule is CCNC(=NCc1ccccc1[N+](=O)[O-])NCCC(OCC)C(C)C. The number of ether oxygens (including phenoxy) is 1. The lowest BCUT2D eigenvalue weighted by atomic mass is 10.0. The van der Waals surface area contributed by atoms with Gasteiger partial charge >= 0.3 is 0 Å². The van der Waals surface area contributed by atoms with Crippen LogP contribution in [0.4, 0.5) is 5.69 Å². The van der Waals surface area contributed by atoms with E-state index in [0.717, 1.165) is 19.5 Å². The molecule has 7 heteroatoms. The molecule has 0 saturated heterocycles. The molecule has 0 aromatic heterocycles. The monoisotopic (exact) mass is 350 g/mol. The van der Waals surface area contributed by atoms with Gasteiger partial charge in [0.05, 0.1) is 23.1 Å². The van der Waals surface area contributed by atoms with Gasteiger partial charge in [-0.3, -0.25) is 10.1 Å². The summed E-state index contributed by atoms with van der Waals surface area (Å²) < 4.78 is 5.74. The van der Waals surface area contributed by atoms with Crippen molar-refractivity contribution >= 4 is 11.6 Å². The van der Waals surface area contributed by atoms with Gasteiger partial charge in [0.25, 0.3) is 5.69 Å². The third kappa shape index (κ3) is 7.51. The number of para-hydroxylation sites is 1. The smallest absolute Gasteiger partial charge is 0.274 e. The number of benzene rings is 1. The summed E-state index contributed by atoms with van der Waals surface area (Å²) in [6.07, 6.45) is 1.08. The van der Waals surface area contributed by atoms with Gasteiger partial charge in [0.1, 0.15) is 0 Å². The first-order chi connectivity index (χ1) is 12.0. The van der Waals surface area contributed by atoms with Crippen LogP contribution in [0.3, 0.4) is 0 Å². The molecule has 0 aliphatic rings. The van der Waals surface area contributed by atoms with Gasteiger partial charge in [0, 0.05) is 25.8 Å². The normalized spacial score (nSPS) is 12.9. The molecule has 140 valence electrons. The zero-order valence-corrected chi connectivity index (χ0v) is 15.6. The highest BCUT2D eigenvalue weighted by atomic mass is 16.6. The summed E-state index contributed by atoms with van der Waals surface area (Å²) in [5.74, 6) is 1.10. The van der Waals surface area contributed by atoms with Crippen LogP contribution in [0.15, 0.2) is 29.3 Å². The standard InChI is InChI=1S/C18H30N4O3/c1-5-19-18(20-12-11-17(14(3)4)25-6-2)21-13-15-9-7-8-10-16(15)22(23)24/h7-10,14,17H,5-6,11-13H2,1-4H3,(H2,19,20,21). The Hall–Kier alpha value is -2.15. The lowest BCUT2D eigenvalue weighted by Gasteiger charge is -2.21. The Morgan fingerprint density at radius 1 is 1.28 bits per heavy atom. The average Bonchev–Trinajstić information content (AvgIpc) is 2.58. The van der Waals surface area contributed by atoms with Gasteiger partial charge in [-0.15, -0.1) is 0 Å². The van der Waals surface area contributed by atoms with Gasteiger partial charge in [-0.1, -0.05) is 32.0 Å². The molecule has 1 aromatic rings. The highest BCUT2D eigenvalue weighted by Gasteiger charge is 2.14. The average molecular weight is 350 g/mol. The number of guanidine groups is 1. The van der Waals surface area contributed by atoms with Gasteiger partial charge in [0.15, 0.2) is 5.96 Å². The summed E-state index contributed by atoms with van der Waals surface area (Å²) in [7, 11) is 0. The maximum Gasteiger partial charge on any atom is 0.274 e. The van der Waals surface area contributed by atoms with Crippen molar-refractivity contribution < 1.29 is 9.66 Å². The van der Waals surface area contributed by atoms with Crippen LogP contribution in [0.1, 0.15) is 39.7 Å². The van der Waals surface area contributed by atoms with Crippen molar-refractivity contribution in [3.63, 3.8) is 0 Å². The van der Waals surface area contributed by atoms with Gasteiger partial charge in [-0.2, -0.15) is 0 Å². The van der Waals surface area contributed by atoms with Gasteiger partial charge in [0.2, 0.25) is 0 Å². The van der Waals surface area contributed by atoms with Crippen molar-refractivity contribution in [3.05, 3.63) is 39.9 Å². The molecule has 1 rings (SSSR count). The third-order valence-corrected chi connectivity index (χ3v) is 3.79. The maximum absolute atomic E-state index is 11.1. The first-order valence-electron chi connectivity index (χ1n) is 8.85. The summed E-state index contributed by atoms with van der Waals surface area (Å²) in [5.41, 5.74) is 0.692. The summed E-state index contributed by atoms with van der Waals surface area (Å²) in [5, 5.41) is 17.5. The van der Waals surface area contributed by atoms with E-state index >= 15 is 0 Å². The van der Waals surface area contributed by atoms with E-state index in [0.29, 0.717) is 24.0 Å². The van der Waals surface area contributed by atoms with Crippen LogP contribution >= 0.6 is 0 Å². The fourth-order valence-corrected chi connectivity index (χ4v) is 2.48. The highest BCUT2D eigenvalue weighted by Crippen LogP contribution is 2.18. The molecule has 0 aliphatic heterocycles. The molecule has 0 saturated carbocycles. The number of hydrogen-bond acceptors (Lipinski definition) is 4. The lowest BCUT2D eigenvalue weighted by molar-refractivity contribution is -0.385. The molecule has 0 radical (unpaired) electrons. The number of nitrogens with zero attached hydrogens (tertiary/aromatic N) is 2. The summed E-state index contributed by atoms with van der Waals surface area (Å²) in [6, 6.07) is 6.68. The second-order valence-electron chi connectivity index (χ2n) is 6.03. The Labute approximate surface area is 150 Å². The Kier molecular flexibility index (Phi) is 9.54. The topological polar surface area (TPSA) is 88.8 Å². The Bertz CT molecular complexity index is 561. The Morgan fingerprint density at radius 3 is 2.60 bits per heavy atom. The summed E-state index contributed by atoms with van der Waals surface area (Å²) >= 11 is 0. The van der Waals surface area contributed by atoms with E-state index in [9.17, 15) is 10.1 Å². The molecule has 0 heterocycles. The van der Waals surface area contributed by atoms with Crippen molar-refractivity contribution in [3.8, 4) is 0 Å². The molecule has 1 aromatic carbocycles. The van der Waals surface area contributed by atoms with Crippen LogP contribution in [0.25, 0.3) is 0 Å². The lowest BCUT2D eigenvalue weighted by Crippen LogP contribution is -2.39. The Morgan fingerprint density at radius 2 is 2.00 bits per heavy atom. The van der Waals surface area contributed by atoms with E-state index in [4.69, 9.17) is 4.74 Å². The molecule has 7 nitrogen and oxygen atoms in total. The summed E-state index contributed by atoms with van der Waals surface area (Å²) in [6.45, 7) is 10.7. The van der Waals surface area contributed by atoms with Crippen molar-refractivity contribution in [2.24, 2.45) is 10.9 Å². The van der Waals surface area contributed by atoms with E-state index in [2.05, 4.69) is 29.5 Å². The Balaban J connectivity index is 2.67. The fourth-order valence-electron chi connectivity index (χ4n) is 2.48. The molecule has 25 heavy (non-hydrogen) atoms. The zero-order valence-electron chi connectivity index (χ0n) is 15.6. The zero-order chi connectivity index (χ0) is 18.7. The quantitative estimate of drug-likeness (QED) is 0.293. The second-order valence-corrected chi connectivity index (χ2v) is 6.03. The number of nitro groups is 1. The van der Waals surface area contributed by atoms with Crippen LogP contribution < -0.4 is 10.6 Å². The predicted octanol–water partition coefficient (Wildman–Crippen LogP) is 3.10. The van der Waals surface area contributed by atoms with Gasteiger partial charge < -0.3 is 15.4 Å². The minimum Gasteiger partial charge on any atom is -0.378 e. The van der Waals surface area contributed by atoms with E-state index < -0.39 is 0 Å². The van der Waals surface area contributed by atoms with E-state index in [-0.39, 0.29) is 23.3 Å². The highest BCUT2D eigenvalue weighted by molar-refractivity contribution is 5.79. The number of hydrogen-bond donors (Lipinski definition) is 2. The summed E-state index contributed by atoms with van der Waals surface area (Å²) in [4.78, 5) is 15.2. The molecule has 0 aliphatic carbocycles. The van der Waals surface area contributed by atoms with Crippen LogP contribution in [-0.4, -0.2) is 36.7 Å². The van der Waals surface area contributed by atoms with E-state index in [1.54, 1.807) is 18.2 Å². The third-order valence-electron chi connectivity index (χ3n) is 3.79.